The molecule has 3 atom stereocenters. The van der Waals surface area contributed by atoms with Crippen LogP contribution in [0.25, 0.3) is 0 Å². The molecule has 2 heterocycles. The number of aromatic nitrogens is 3. The predicted molar refractivity (Wildman–Crippen MR) is 108 cm³/mol. The molecule has 0 aliphatic carbocycles. The fraction of sp³-hybridized carbons (Fsp3) is 0.550. The number of alkyl halides is 3. The number of rotatable bonds is 8. The number of anilines is 1. The van der Waals surface area contributed by atoms with E-state index >= 15 is 0 Å². The third kappa shape index (κ3) is 6.65. The maximum Gasteiger partial charge on any atom is 0.416 e. The van der Waals surface area contributed by atoms with Gasteiger partial charge in [-0.15, -0.1) is 5.10 Å². The van der Waals surface area contributed by atoms with Gasteiger partial charge in [0.2, 0.25) is 0 Å². The number of ether oxygens (including phenoxy) is 2. The monoisotopic (exact) mass is 457 g/mol. The first kappa shape index (κ1) is 24.0. The van der Waals surface area contributed by atoms with Crippen molar-refractivity contribution in [1.82, 2.24) is 20.3 Å². The lowest BCUT2D eigenvalue weighted by Crippen LogP contribution is -2.52. The van der Waals surface area contributed by atoms with Crippen LogP contribution in [0.3, 0.4) is 0 Å². The van der Waals surface area contributed by atoms with E-state index in [4.69, 9.17) is 9.47 Å². The van der Waals surface area contributed by atoms with Crippen molar-refractivity contribution >= 4 is 11.7 Å². The van der Waals surface area contributed by atoms with Gasteiger partial charge in [-0.2, -0.15) is 13.2 Å². The summed E-state index contributed by atoms with van der Waals surface area (Å²) in [6.07, 6.45) is -1.43. The van der Waals surface area contributed by atoms with Gasteiger partial charge in [-0.25, -0.2) is 4.79 Å². The Hall–Kier alpha value is -2.70. The van der Waals surface area contributed by atoms with Crippen LogP contribution >= 0.6 is 0 Å². The number of carbonyl (C=O) groups is 1. The molecule has 1 aromatic carbocycles. The number of carbonyl (C=O) groups excluding carboxylic acids is 1. The van der Waals surface area contributed by atoms with Gasteiger partial charge in [-0.05, 0) is 43.5 Å². The number of nitrogens with zero attached hydrogens (tertiary/aromatic N) is 3. The SMILES string of the molecule is COCc1cn(CC[C@H]2CC[C@@H](NC(=O)Nc3ccc(C(F)(F)F)cc3)[C@@H](CO)O2)nn1. The van der Waals surface area contributed by atoms with E-state index in [-0.39, 0.29) is 18.4 Å². The predicted octanol–water partition coefficient (Wildman–Crippen LogP) is 2.56. The van der Waals surface area contributed by atoms with Crippen molar-refractivity contribution in [2.75, 3.05) is 19.0 Å². The van der Waals surface area contributed by atoms with Crippen molar-refractivity contribution in [3.05, 3.63) is 41.7 Å². The van der Waals surface area contributed by atoms with E-state index in [9.17, 15) is 23.1 Å². The molecule has 1 aliphatic rings. The summed E-state index contributed by atoms with van der Waals surface area (Å²) in [6, 6.07) is 3.15. The van der Waals surface area contributed by atoms with E-state index in [0.717, 1.165) is 17.8 Å². The Bertz CT molecular complexity index is 875. The Morgan fingerprint density at radius 1 is 1.31 bits per heavy atom. The van der Waals surface area contributed by atoms with Crippen molar-refractivity contribution in [3.8, 4) is 0 Å². The number of nitrogens with one attached hydrogen (secondary N) is 2. The molecule has 2 amide bonds. The third-order valence-electron chi connectivity index (χ3n) is 5.14. The van der Waals surface area contributed by atoms with Crippen LogP contribution in [0.1, 0.15) is 30.5 Å². The molecular weight excluding hydrogens is 431 g/mol. The smallest absolute Gasteiger partial charge is 0.394 e. The van der Waals surface area contributed by atoms with Crippen molar-refractivity contribution in [2.45, 2.75) is 56.8 Å². The summed E-state index contributed by atoms with van der Waals surface area (Å²) in [5.41, 5.74) is 0.163. The highest BCUT2D eigenvalue weighted by Gasteiger charge is 2.32. The van der Waals surface area contributed by atoms with Crippen LogP contribution in [-0.2, 0) is 28.8 Å². The molecule has 1 saturated heterocycles. The highest BCUT2D eigenvalue weighted by Crippen LogP contribution is 2.30. The maximum atomic E-state index is 12.6. The summed E-state index contributed by atoms with van der Waals surface area (Å²) in [7, 11) is 1.58. The summed E-state index contributed by atoms with van der Waals surface area (Å²) in [5, 5.41) is 22.9. The number of hydrogen-bond donors (Lipinski definition) is 3. The van der Waals surface area contributed by atoms with Crippen LogP contribution in [0.15, 0.2) is 30.5 Å². The van der Waals surface area contributed by atoms with Gasteiger partial charge in [-0.1, -0.05) is 5.21 Å². The van der Waals surface area contributed by atoms with Crippen LogP contribution in [0, 0.1) is 0 Å². The molecule has 0 saturated carbocycles. The van der Waals surface area contributed by atoms with Crippen LogP contribution < -0.4 is 10.6 Å². The van der Waals surface area contributed by atoms with Gasteiger partial charge in [-0.3, -0.25) is 4.68 Å². The number of hydrogen-bond acceptors (Lipinski definition) is 6. The minimum atomic E-state index is -4.44. The summed E-state index contributed by atoms with van der Waals surface area (Å²) < 4.78 is 50.6. The average molecular weight is 457 g/mol. The highest BCUT2D eigenvalue weighted by molar-refractivity contribution is 5.89. The van der Waals surface area contributed by atoms with Gasteiger partial charge in [0.1, 0.15) is 11.8 Å². The zero-order chi connectivity index (χ0) is 23.1. The fourth-order valence-corrected chi connectivity index (χ4v) is 3.53. The number of methoxy groups -OCH3 is 1. The summed E-state index contributed by atoms with van der Waals surface area (Å²) in [4.78, 5) is 12.3. The van der Waals surface area contributed by atoms with Gasteiger partial charge in [0.25, 0.3) is 0 Å². The first-order chi connectivity index (χ1) is 15.3. The zero-order valence-electron chi connectivity index (χ0n) is 17.5. The van der Waals surface area contributed by atoms with Crippen LogP contribution in [0.4, 0.5) is 23.7 Å². The molecule has 0 spiro atoms. The minimum Gasteiger partial charge on any atom is -0.394 e. The summed E-state index contributed by atoms with van der Waals surface area (Å²) in [6.45, 7) is 0.698. The molecular formula is C20H26F3N5O4. The van der Waals surface area contributed by atoms with Crippen molar-refractivity contribution < 1.29 is 32.5 Å². The minimum absolute atomic E-state index is 0.113. The molecule has 9 nitrogen and oxygen atoms in total. The summed E-state index contributed by atoms with van der Waals surface area (Å²) in [5.74, 6) is 0. The molecule has 1 aliphatic heterocycles. The topological polar surface area (TPSA) is 111 Å². The molecule has 32 heavy (non-hydrogen) atoms. The standard InChI is InChI=1S/C20H26F3N5O4/c1-31-12-15-10-28(27-26-15)9-8-16-6-7-17(18(11-29)32-16)25-19(30)24-14-4-2-13(3-5-14)20(21,22)23/h2-5,10,16-18,29H,6-9,11-12H2,1H3,(H2,24,25,30)/t16-,17-,18-/m1/s1. The van der Waals surface area contributed by atoms with Gasteiger partial charge in [0.15, 0.2) is 0 Å². The van der Waals surface area contributed by atoms with E-state index in [0.29, 0.717) is 32.4 Å². The second-order valence-electron chi connectivity index (χ2n) is 7.53. The molecule has 3 rings (SSSR count). The normalized spacial score (nSPS) is 21.3. The fourth-order valence-electron chi connectivity index (χ4n) is 3.53. The molecule has 1 fully saturated rings. The Morgan fingerprint density at radius 3 is 2.72 bits per heavy atom. The number of benzene rings is 1. The number of aryl methyl sites for hydroxylation is 1. The van der Waals surface area contributed by atoms with E-state index in [1.165, 1.54) is 12.1 Å². The molecule has 3 N–H and O–H groups in total. The van der Waals surface area contributed by atoms with E-state index in [1.807, 2.05) is 0 Å². The lowest BCUT2D eigenvalue weighted by Gasteiger charge is -2.36. The second kappa shape index (κ2) is 10.7. The molecule has 12 heteroatoms. The largest absolute Gasteiger partial charge is 0.416 e. The molecule has 0 unspecified atom stereocenters. The number of urea groups is 1. The molecule has 0 radical (unpaired) electrons. The Labute approximate surface area is 182 Å². The molecule has 2 aromatic rings. The maximum absolute atomic E-state index is 12.6. The summed E-state index contributed by atoms with van der Waals surface area (Å²) >= 11 is 0. The Balaban J connectivity index is 1.46. The van der Waals surface area contributed by atoms with Crippen LogP contribution in [0.2, 0.25) is 0 Å². The van der Waals surface area contributed by atoms with E-state index in [2.05, 4.69) is 20.9 Å². The molecule has 1 aromatic heterocycles. The van der Waals surface area contributed by atoms with Crippen LogP contribution in [0.5, 0.6) is 0 Å². The highest BCUT2D eigenvalue weighted by atomic mass is 19.4. The molecule has 176 valence electrons. The van der Waals surface area contributed by atoms with Gasteiger partial charge >= 0.3 is 12.2 Å². The number of amides is 2. The Morgan fingerprint density at radius 2 is 2.06 bits per heavy atom. The number of aliphatic hydroxyl groups is 1. The van der Waals surface area contributed by atoms with Gasteiger partial charge in [0.05, 0.1) is 37.1 Å². The van der Waals surface area contributed by atoms with Crippen molar-refractivity contribution in [3.63, 3.8) is 0 Å². The average Bonchev–Trinajstić information content (AvgIpc) is 3.20. The zero-order valence-corrected chi connectivity index (χ0v) is 17.5. The second-order valence-corrected chi connectivity index (χ2v) is 7.53. The van der Waals surface area contributed by atoms with Crippen molar-refractivity contribution in [2.24, 2.45) is 0 Å². The Kier molecular flexibility index (Phi) is 8.04. The quantitative estimate of drug-likeness (QED) is 0.562. The van der Waals surface area contributed by atoms with Crippen LogP contribution in [-0.4, -0.2) is 58.1 Å². The lowest BCUT2D eigenvalue weighted by atomic mass is 9.97. The number of halogens is 3. The third-order valence-corrected chi connectivity index (χ3v) is 5.14. The van der Waals surface area contributed by atoms with Gasteiger partial charge < -0.3 is 25.2 Å². The lowest BCUT2D eigenvalue weighted by molar-refractivity contribution is -0.137. The van der Waals surface area contributed by atoms with E-state index in [1.54, 1.807) is 18.0 Å². The first-order valence-corrected chi connectivity index (χ1v) is 10.2. The van der Waals surface area contributed by atoms with E-state index < -0.39 is 29.9 Å². The van der Waals surface area contributed by atoms with Gasteiger partial charge in [0, 0.05) is 19.3 Å². The number of aliphatic hydroxyl groups excluding tert-OH is 1. The van der Waals surface area contributed by atoms with Crippen molar-refractivity contribution in [1.29, 1.82) is 0 Å². The molecule has 0 bridgehead atoms. The first-order valence-electron chi connectivity index (χ1n) is 10.2.